The van der Waals surface area contributed by atoms with Crippen molar-refractivity contribution in [3.63, 3.8) is 0 Å². The molecule has 1 N–H and O–H groups in total. The first kappa shape index (κ1) is 14.0. The summed E-state index contributed by atoms with van der Waals surface area (Å²) in [6.07, 6.45) is 0. The van der Waals surface area contributed by atoms with Crippen molar-refractivity contribution in [1.29, 1.82) is 0 Å². The molecule has 0 fully saturated rings. The number of carbonyl (C=O) groups excluding carboxylic acids is 1. The third kappa shape index (κ3) is 2.27. The van der Waals surface area contributed by atoms with Crippen LogP contribution < -0.4 is 5.56 Å². The predicted octanol–water partition coefficient (Wildman–Crippen LogP) is 0.320. The summed E-state index contributed by atoms with van der Waals surface area (Å²) >= 11 is 0. The van der Waals surface area contributed by atoms with E-state index < -0.39 is 17.4 Å². The monoisotopic (exact) mass is 252 g/mol. The summed E-state index contributed by atoms with van der Waals surface area (Å²) in [7, 11) is 2.87. The molecule has 0 spiro atoms. The molecular weight excluding hydrogens is 236 g/mol. The van der Waals surface area contributed by atoms with E-state index in [1.54, 1.807) is 0 Å². The van der Waals surface area contributed by atoms with E-state index in [1.807, 2.05) is 0 Å². The number of carboxylic acids is 1. The van der Waals surface area contributed by atoms with Gasteiger partial charge in [-0.15, -0.1) is 0 Å². The Morgan fingerprint density at radius 1 is 1.33 bits per heavy atom. The molecule has 0 bridgehead atoms. The Balaban J connectivity index is 3.20. The summed E-state index contributed by atoms with van der Waals surface area (Å²) in [5.74, 6) is -1.62. The first-order valence-corrected chi connectivity index (χ1v) is 5.37. The van der Waals surface area contributed by atoms with Crippen molar-refractivity contribution in [2.24, 2.45) is 7.05 Å². The number of hydrogen-bond donors (Lipinski definition) is 1. The summed E-state index contributed by atoms with van der Waals surface area (Å²) < 4.78 is 1.19. The second kappa shape index (κ2) is 4.64. The molecule has 0 atom stereocenters. The molecule has 0 aliphatic heterocycles. The Kier molecular flexibility index (Phi) is 3.59. The van der Waals surface area contributed by atoms with Crippen molar-refractivity contribution in [2.75, 3.05) is 7.05 Å². The van der Waals surface area contributed by atoms with Crippen molar-refractivity contribution in [1.82, 2.24) is 9.47 Å². The molecule has 0 saturated carbocycles. The molecule has 0 unspecified atom stereocenters. The fourth-order valence-electron chi connectivity index (χ4n) is 1.35. The first-order chi connectivity index (χ1) is 8.19. The van der Waals surface area contributed by atoms with Crippen molar-refractivity contribution >= 4 is 11.9 Å². The van der Waals surface area contributed by atoms with Crippen LogP contribution in [0.4, 0.5) is 0 Å². The summed E-state index contributed by atoms with van der Waals surface area (Å²) in [4.78, 5) is 35.8. The second-order valence-electron chi connectivity index (χ2n) is 4.54. The zero-order valence-electron chi connectivity index (χ0n) is 10.8. The molecule has 0 aliphatic carbocycles. The number of aromatic nitrogens is 1. The molecule has 1 amide bonds. The topological polar surface area (TPSA) is 79.6 Å². The van der Waals surface area contributed by atoms with Crippen molar-refractivity contribution in [2.45, 2.75) is 19.4 Å². The third-order valence-corrected chi connectivity index (χ3v) is 3.07. The molecule has 1 aromatic heterocycles. The molecule has 98 valence electrons. The van der Waals surface area contributed by atoms with E-state index in [2.05, 4.69) is 0 Å². The lowest BCUT2D eigenvalue weighted by Gasteiger charge is -2.31. The molecule has 1 heterocycles. The Morgan fingerprint density at radius 2 is 1.89 bits per heavy atom. The number of carbonyl (C=O) groups is 2. The van der Waals surface area contributed by atoms with Gasteiger partial charge in [0.2, 0.25) is 0 Å². The number of aliphatic carboxylic acids is 1. The van der Waals surface area contributed by atoms with E-state index in [0.717, 1.165) is 4.90 Å². The zero-order chi connectivity index (χ0) is 14.1. The lowest BCUT2D eigenvalue weighted by molar-refractivity contribution is -0.147. The number of amides is 1. The summed E-state index contributed by atoms with van der Waals surface area (Å²) in [5.41, 5.74) is -1.51. The van der Waals surface area contributed by atoms with E-state index in [-0.39, 0.29) is 11.3 Å². The Morgan fingerprint density at radius 3 is 2.39 bits per heavy atom. The summed E-state index contributed by atoms with van der Waals surface area (Å²) in [6, 6.07) is 4.29. The highest BCUT2D eigenvalue weighted by molar-refractivity contribution is 5.96. The molecule has 1 aromatic rings. The van der Waals surface area contributed by atoms with Gasteiger partial charge in [-0.25, -0.2) is 4.79 Å². The molecule has 18 heavy (non-hydrogen) atoms. The maximum atomic E-state index is 12.2. The van der Waals surface area contributed by atoms with Crippen LogP contribution in [0.25, 0.3) is 0 Å². The van der Waals surface area contributed by atoms with Crippen molar-refractivity contribution < 1.29 is 14.7 Å². The van der Waals surface area contributed by atoms with E-state index >= 15 is 0 Å². The number of likely N-dealkylation sites (N-methyl/N-ethyl adjacent to an activating group) is 1. The number of carboxylic acid groups (broad SMARTS) is 1. The highest BCUT2D eigenvalue weighted by Gasteiger charge is 2.36. The number of rotatable bonds is 3. The summed E-state index contributed by atoms with van der Waals surface area (Å²) in [6.45, 7) is 2.85. The molecule has 0 radical (unpaired) electrons. The first-order valence-electron chi connectivity index (χ1n) is 5.37. The maximum Gasteiger partial charge on any atom is 0.329 e. The van der Waals surface area contributed by atoms with Crippen LogP contribution in [0.15, 0.2) is 23.0 Å². The van der Waals surface area contributed by atoms with Crippen LogP contribution in [0, 0.1) is 0 Å². The second-order valence-corrected chi connectivity index (χ2v) is 4.54. The van der Waals surface area contributed by atoms with Gasteiger partial charge < -0.3 is 14.6 Å². The highest BCUT2D eigenvalue weighted by Crippen LogP contribution is 2.15. The Bertz CT molecular complexity index is 545. The number of hydrogen-bond acceptors (Lipinski definition) is 3. The quantitative estimate of drug-likeness (QED) is 0.840. The number of pyridine rings is 1. The maximum absolute atomic E-state index is 12.2. The Hall–Kier alpha value is -2.11. The van der Waals surface area contributed by atoms with Gasteiger partial charge in [-0.1, -0.05) is 6.07 Å². The third-order valence-electron chi connectivity index (χ3n) is 3.07. The van der Waals surface area contributed by atoms with Gasteiger partial charge in [0.1, 0.15) is 11.2 Å². The van der Waals surface area contributed by atoms with Gasteiger partial charge in [-0.2, -0.15) is 0 Å². The molecule has 0 aromatic carbocycles. The number of nitrogens with zero attached hydrogens (tertiary/aromatic N) is 2. The van der Waals surface area contributed by atoms with Crippen LogP contribution in [0.1, 0.15) is 24.3 Å². The Labute approximate surface area is 104 Å². The molecule has 6 heteroatoms. The lowest BCUT2D eigenvalue weighted by atomic mass is 10.0. The van der Waals surface area contributed by atoms with Gasteiger partial charge in [0.25, 0.3) is 11.5 Å². The van der Waals surface area contributed by atoms with Crippen molar-refractivity contribution in [3.8, 4) is 0 Å². The molecule has 0 saturated heterocycles. The van der Waals surface area contributed by atoms with Crippen LogP contribution in [0.3, 0.4) is 0 Å². The zero-order valence-corrected chi connectivity index (χ0v) is 10.8. The standard InChI is InChI=1S/C12H16N2O4/c1-12(2,11(17)18)14(4)10(16)8-6-5-7-9(15)13(8)3/h5-7H,1-4H3,(H,17,18). The van der Waals surface area contributed by atoms with E-state index in [4.69, 9.17) is 5.11 Å². The SMILES string of the molecule is CN(C(=O)c1cccc(=O)n1C)C(C)(C)C(=O)O. The van der Waals surface area contributed by atoms with Gasteiger partial charge in [0.05, 0.1) is 0 Å². The van der Waals surface area contributed by atoms with Crippen LogP contribution >= 0.6 is 0 Å². The minimum Gasteiger partial charge on any atom is -0.480 e. The van der Waals surface area contributed by atoms with E-state index in [1.165, 1.54) is 50.7 Å². The average Bonchev–Trinajstić information content (AvgIpc) is 2.30. The largest absolute Gasteiger partial charge is 0.480 e. The minimum atomic E-state index is -1.34. The smallest absolute Gasteiger partial charge is 0.329 e. The average molecular weight is 252 g/mol. The van der Waals surface area contributed by atoms with Crippen LogP contribution in [-0.4, -0.2) is 39.0 Å². The fraction of sp³-hybridized carbons (Fsp3) is 0.417. The van der Waals surface area contributed by atoms with E-state index in [9.17, 15) is 14.4 Å². The minimum absolute atomic E-state index is 0.152. The van der Waals surface area contributed by atoms with Crippen LogP contribution in [0.5, 0.6) is 0 Å². The van der Waals surface area contributed by atoms with Gasteiger partial charge in [0.15, 0.2) is 0 Å². The lowest BCUT2D eigenvalue weighted by Crippen LogP contribution is -2.51. The van der Waals surface area contributed by atoms with Gasteiger partial charge in [-0.3, -0.25) is 9.59 Å². The molecule has 1 rings (SSSR count). The van der Waals surface area contributed by atoms with Crippen LogP contribution in [0.2, 0.25) is 0 Å². The molecule has 0 aliphatic rings. The fourth-order valence-corrected chi connectivity index (χ4v) is 1.35. The van der Waals surface area contributed by atoms with Gasteiger partial charge in [-0.05, 0) is 19.9 Å². The van der Waals surface area contributed by atoms with Gasteiger partial charge in [0, 0.05) is 20.2 Å². The molecule has 6 nitrogen and oxygen atoms in total. The van der Waals surface area contributed by atoms with Gasteiger partial charge >= 0.3 is 5.97 Å². The highest BCUT2D eigenvalue weighted by atomic mass is 16.4. The van der Waals surface area contributed by atoms with Crippen molar-refractivity contribution in [3.05, 3.63) is 34.2 Å². The predicted molar refractivity (Wildman–Crippen MR) is 65.5 cm³/mol. The van der Waals surface area contributed by atoms with E-state index in [0.29, 0.717) is 0 Å². The normalized spacial score (nSPS) is 11.1. The van der Waals surface area contributed by atoms with Crippen LogP contribution in [-0.2, 0) is 11.8 Å². The molecular formula is C12H16N2O4. The summed E-state index contributed by atoms with van der Waals surface area (Å²) in [5, 5.41) is 9.07.